The molecule has 0 fully saturated rings. The van der Waals surface area contributed by atoms with Crippen LogP contribution in [-0.4, -0.2) is 25.0 Å². The SMILES string of the molecule is Cc1c(OCCCCCC(=O)C(C)C)c(N)cc2c1N(C)C(C)(C)CC2C. The highest BCUT2D eigenvalue weighted by molar-refractivity contribution is 5.80. The van der Waals surface area contributed by atoms with E-state index in [-0.39, 0.29) is 11.5 Å². The average molecular weight is 375 g/mol. The Morgan fingerprint density at radius 2 is 2.00 bits per heavy atom. The first-order valence-electron chi connectivity index (χ1n) is 10.4. The number of benzene rings is 1. The number of nitrogen functional groups attached to an aromatic ring is 1. The summed E-state index contributed by atoms with van der Waals surface area (Å²) >= 11 is 0. The summed E-state index contributed by atoms with van der Waals surface area (Å²) < 4.78 is 6.10. The number of ether oxygens (including phenoxy) is 1. The van der Waals surface area contributed by atoms with Crippen LogP contribution in [0.2, 0.25) is 0 Å². The lowest BCUT2D eigenvalue weighted by Gasteiger charge is -2.46. The van der Waals surface area contributed by atoms with E-state index in [0.29, 0.717) is 24.7 Å². The van der Waals surface area contributed by atoms with Crippen molar-refractivity contribution in [2.45, 2.75) is 85.1 Å². The minimum atomic E-state index is 0.119. The lowest BCUT2D eigenvalue weighted by atomic mass is 9.79. The summed E-state index contributed by atoms with van der Waals surface area (Å²) in [5.74, 6) is 1.80. The van der Waals surface area contributed by atoms with Gasteiger partial charge in [0.05, 0.1) is 12.3 Å². The number of ketones is 1. The van der Waals surface area contributed by atoms with Gasteiger partial charge in [0.1, 0.15) is 11.5 Å². The molecule has 0 aliphatic carbocycles. The number of carbonyl (C=O) groups is 1. The fourth-order valence-electron chi connectivity index (χ4n) is 4.19. The highest BCUT2D eigenvalue weighted by Gasteiger charge is 2.36. The molecule has 1 aliphatic heterocycles. The highest BCUT2D eigenvalue weighted by atomic mass is 16.5. The summed E-state index contributed by atoms with van der Waals surface area (Å²) in [5, 5.41) is 0. The molecule has 0 saturated heterocycles. The van der Waals surface area contributed by atoms with Crippen molar-refractivity contribution in [3.63, 3.8) is 0 Å². The Labute approximate surface area is 165 Å². The van der Waals surface area contributed by atoms with Gasteiger partial charge >= 0.3 is 0 Å². The van der Waals surface area contributed by atoms with E-state index in [4.69, 9.17) is 10.5 Å². The standard InChI is InChI=1S/C23H38N2O2/c1-15(2)20(26)11-9-8-10-12-27-22-17(4)21-18(13-19(22)24)16(3)14-23(5,6)25(21)7/h13,15-16H,8-12,14,24H2,1-7H3. The first-order valence-corrected chi connectivity index (χ1v) is 10.4. The van der Waals surface area contributed by atoms with E-state index in [1.165, 1.54) is 11.3 Å². The van der Waals surface area contributed by atoms with Crippen LogP contribution in [0.3, 0.4) is 0 Å². The van der Waals surface area contributed by atoms with Gasteiger partial charge in [-0.1, -0.05) is 20.8 Å². The summed E-state index contributed by atoms with van der Waals surface area (Å²) in [6, 6.07) is 2.11. The molecule has 2 N–H and O–H groups in total. The minimum Gasteiger partial charge on any atom is -0.491 e. The van der Waals surface area contributed by atoms with E-state index >= 15 is 0 Å². The van der Waals surface area contributed by atoms with Crippen molar-refractivity contribution in [2.24, 2.45) is 5.92 Å². The minimum absolute atomic E-state index is 0.119. The molecule has 1 aromatic carbocycles. The maximum absolute atomic E-state index is 11.7. The molecule has 4 heteroatoms. The van der Waals surface area contributed by atoms with Crippen molar-refractivity contribution in [2.75, 3.05) is 24.3 Å². The van der Waals surface area contributed by atoms with Crippen LogP contribution in [0.25, 0.3) is 0 Å². The molecule has 0 radical (unpaired) electrons. The van der Waals surface area contributed by atoms with Gasteiger partial charge in [0.2, 0.25) is 0 Å². The van der Waals surface area contributed by atoms with Crippen LogP contribution in [-0.2, 0) is 4.79 Å². The zero-order chi connectivity index (χ0) is 20.4. The Hall–Kier alpha value is -1.71. The number of anilines is 2. The second-order valence-corrected chi connectivity index (χ2v) is 9.11. The van der Waals surface area contributed by atoms with Gasteiger partial charge in [-0.2, -0.15) is 0 Å². The molecule has 1 aromatic rings. The van der Waals surface area contributed by atoms with Crippen molar-refractivity contribution in [1.82, 2.24) is 0 Å². The molecule has 1 heterocycles. The number of nitrogens with two attached hydrogens (primary N) is 1. The monoisotopic (exact) mass is 374 g/mol. The Morgan fingerprint density at radius 3 is 2.63 bits per heavy atom. The third-order valence-electron chi connectivity index (χ3n) is 6.08. The van der Waals surface area contributed by atoms with Gasteiger partial charge < -0.3 is 15.4 Å². The predicted octanol–water partition coefficient (Wildman–Crippen LogP) is 5.46. The molecular formula is C23H38N2O2. The number of hydrogen-bond acceptors (Lipinski definition) is 4. The number of unbranched alkanes of at least 4 members (excludes halogenated alkanes) is 2. The van der Waals surface area contributed by atoms with Crippen LogP contribution in [0, 0.1) is 12.8 Å². The molecule has 1 atom stereocenters. The Balaban J connectivity index is 2.03. The summed E-state index contributed by atoms with van der Waals surface area (Å²) in [6.07, 6.45) is 4.68. The van der Waals surface area contributed by atoms with Crippen molar-refractivity contribution >= 4 is 17.2 Å². The fraction of sp³-hybridized carbons (Fsp3) is 0.696. The zero-order valence-electron chi connectivity index (χ0n) is 18.3. The molecule has 27 heavy (non-hydrogen) atoms. The molecule has 1 unspecified atom stereocenters. The number of fused-ring (bicyclic) bond motifs is 1. The number of Topliss-reactive ketones (excluding diaryl/α,β-unsaturated/α-hetero) is 1. The van der Waals surface area contributed by atoms with Gasteiger partial charge in [0.25, 0.3) is 0 Å². The van der Waals surface area contributed by atoms with Crippen molar-refractivity contribution in [1.29, 1.82) is 0 Å². The lowest BCUT2D eigenvalue weighted by molar-refractivity contribution is -0.122. The van der Waals surface area contributed by atoms with Crippen LogP contribution in [0.5, 0.6) is 5.75 Å². The molecule has 4 nitrogen and oxygen atoms in total. The molecule has 1 aliphatic rings. The molecule has 2 rings (SSSR count). The second-order valence-electron chi connectivity index (χ2n) is 9.11. The zero-order valence-corrected chi connectivity index (χ0v) is 18.3. The first kappa shape index (κ1) is 21.6. The van der Waals surface area contributed by atoms with Gasteiger partial charge in [-0.15, -0.1) is 0 Å². The largest absolute Gasteiger partial charge is 0.491 e. The smallest absolute Gasteiger partial charge is 0.147 e. The first-order chi connectivity index (χ1) is 12.6. The molecule has 0 spiro atoms. The van der Waals surface area contributed by atoms with E-state index in [0.717, 1.165) is 42.7 Å². The number of hydrogen-bond donors (Lipinski definition) is 1. The van der Waals surface area contributed by atoms with E-state index in [9.17, 15) is 4.79 Å². The van der Waals surface area contributed by atoms with Crippen molar-refractivity contribution < 1.29 is 9.53 Å². The lowest BCUT2D eigenvalue weighted by Crippen LogP contribution is -2.46. The quantitative estimate of drug-likeness (QED) is 0.485. The summed E-state index contributed by atoms with van der Waals surface area (Å²) in [6.45, 7) is 13.6. The van der Waals surface area contributed by atoms with E-state index in [1.54, 1.807) is 0 Å². The Bertz CT molecular complexity index is 679. The molecule has 0 aromatic heterocycles. The van der Waals surface area contributed by atoms with Crippen molar-refractivity contribution in [3.05, 3.63) is 17.2 Å². The summed E-state index contributed by atoms with van der Waals surface area (Å²) in [7, 11) is 2.17. The molecular weight excluding hydrogens is 336 g/mol. The van der Waals surface area contributed by atoms with Gasteiger partial charge in [-0.25, -0.2) is 0 Å². The predicted molar refractivity (Wildman–Crippen MR) is 115 cm³/mol. The summed E-state index contributed by atoms with van der Waals surface area (Å²) in [4.78, 5) is 14.1. The van der Waals surface area contributed by atoms with Gasteiger partial charge in [-0.3, -0.25) is 4.79 Å². The highest BCUT2D eigenvalue weighted by Crippen LogP contribution is 2.48. The fourth-order valence-corrected chi connectivity index (χ4v) is 4.19. The van der Waals surface area contributed by atoms with E-state index < -0.39 is 0 Å². The summed E-state index contributed by atoms with van der Waals surface area (Å²) in [5.41, 5.74) is 10.9. The molecule has 0 saturated carbocycles. The molecule has 0 amide bonds. The van der Waals surface area contributed by atoms with Crippen LogP contribution in [0.15, 0.2) is 6.07 Å². The third-order valence-corrected chi connectivity index (χ3v) is 6.08. The van der Waals surface area contributed by atoms with Gasteiger partial charge in [0.15, 0.2) is 0 Å². The van der Waals surface area contributed by atoms with Crippen LogP contribution >= 0.6 is 0 Å². The maximum Gasteiger partial charge on any atom is 0.147 e. The van der Waals surface area contributed by atoms with Crippen LogP contribution in [0.1, 0.15) is 83.8 Å². The van der Waals surface area contributed by atoms with Gasteiger partial charge in [-0.05, 0) is 64.0 Å². The topological polar surface area (TPSA) is 55.6 Å². The average Bonchev–Trinajstić information content (AvgIpc) is 2.57. The van der Waals surface area contributed by atoms with Crippen molar-refractivity contribution in [3.8, 4) is 5.75 Å². The normalized spacial score (nSPS) is 18.5. The Morgan fingerprint density at radius 1 is 1.33 bits per heavy atom. The van der Waals surface area contributed by atoms with Gasteiger partial charge in [0, 0.05) is 36.2 Å². The van der Waals surface area contributed by atoms with E-state index in [2.05, 4.69) is 45.7 Å². The molecule has 152 valence electrons. The third kappa shape index (κ3) is 4.77. The Kier molecular flexibility index (Phi) is 6.82. The van der Waals surface area contributed by atoms with E-state index in [1.807, 2.05) is 13.8 Å². The molecule has 0 bridgehead atoms. The van der Waals surface area contributed by atoms with Crippen LogP contribution in [0.4, 0.5) is 11.4 Å². The number of rotatable bonds is 8. The maximum atomic E-state index is 11.7. The number of carbonyl (C=O) groups excluding carboxylic acids is 1. The number of nitrogens with zero attached hydrogens (tertiary/aromatic N) is 1. The second kappa shape index (κ2) is 8.53. The van der Waals surface area contributed by atoms with Crippen LogP contribution < -0.4 is 15.4 Å².